The average Bonchev–Trinajstić information content (AvgIpc) is 3.35. The zero-order valence-corrected chi connectivity index (χ0v) is 20.4. The van der Waals surface area contributed by atoms with Crippen LogP contribution in [0.15, 0.2) is 54.6 Å². The number of methoxy groups -OCH3 is 1. The summed E-state index contributed by atoms with van der Waals surface area (Å²) >= 11 is 0. The Labute approximate surface area is 200 Å². The van der Waals surface area contributed by atoms with Crippen LogP contribution in [-0.4, -0.2) is 19.6 Å². The summed E-state index contributed by atoms with van der Waals surface area (Å²) in [6.45, 7) is 3.09. The number of esters is 1. The number of carbonyl (C=O) groups excluding carboxylic acids is 1. The van der Waals surface area contributed by atoms with Gasteiger partial charge in [0.05, 0.1) is 30.6 Å². The molecule has 1 heterocycles. The van der Waals surface area contributed by atoms with Crippen LogP contribution in [0.4, 0.5) is 5.69 Å². The number of rotatable bonds is 14. The first kappa shape index (κ1) is 24.9. The van der Waals surface area contributed by atoms with E-state index in [0.29, 0.717) is 5.56 Å². The maximum atomic E-state index is 11.6. The first-order valence-corrected chi connectivity index (χ1v) is 12.7. The van der Waals surface area contributed by atoms with Gasteiger partial charge in [-0.25, -0.2) is 4.79 Å². The maximum Gasteiger partial charge on any atom is 0.337 e. The predicted molar refractivity (Wildman–Crippen MR) is 138 cm³/mol. The van der Waals surface area contributed by atoms with Gasteiger partial charge in [-0.3, -0.25) is 10.4 Å². The number of hydrogen-bond acceptors (Lipinski definition) is 4. The molecule has 3 rings (SSSR count). The van der Waals surface area contributed by atoms with Crippen molar-refractivity contribution in [3.63, 3.8) is 0 Å². The highest BCUT2D eigenvalue weighted by Crippen LogP contribution is 2.23. The largest absolute Gasteiger partial charge is 0.465 e. The number of anilines is 1. The molecule has 0 fully saturated rings. The minimum Gasteiger partial charge on any atom is -0.465 e. The van der Waals surface area contributed by atoms with Crippen molar-refractivity contribution in [1.82, 2.24) is 5.43 Å². The molecule has 4 nitrogen and oxygen atoms in total. The number of carbonyl (C=O) groups is 1. The van der Waals surface area contributed by atoms with Gasteiger partial charge in [0, 0.05) is 0 Å². The van der Waals surface area contributed by atoms with E-state index in [1.165, 1.54) is 89.0 Å². The number of unbranched alkanes of at least 4 members (excludes halogenated alkanes) is 9. The van der Waals surface area contributed by atoms with E-state index in [-0.39, 0.29) is 5.97 Å². The molecule has 0 radical (unpaired) electrons. The molecule has 0 spiro atoms. The van der Waals surface area contributed by atoms with Crippen LogP contribution in [0.1, 0.15) is 92.6 Å². The Kier molecular flexibility index (Phi) is 10.3. The van der Waals surface area contributed by atoms with Crippen LogP contribution >= 0.6 is 0 Å². The van der Waals surface area contributed by atoms with Crippen molar-refractivity contribution in [2.75, 3.05) is 18.7 Å². The number of hydrazine groups is 1. The van der Waals surface area contributed by atoms with Crippen LogP contribution in [0.2, 0.25) is 0 Å². The molecule has 0 aromatic heterocycles. The van der Waals surface area contributed by atoms with Crippen LogP contribution in [0, 0.1) is 0 Å². The summed E-state index contributed by atoms with van der Waals surface area (Å²) in [4.78, 5) is 11.6. The second kappa shape index (κ2) is 13.7. The third-order valence-corrected chi connectivity index (χ3v) is 6.42. The zero-order valence-electron chi connectivity index (χ0n) is 20.4. The Balaban J connectivity index is 1.35. The van der Waals surface area contributed by atoms with E-state index in [0.717, 1.165) is 17.8 Å². The first-order valence-electron chi connectivity index (χ1n) is 12.7. The van der Waals surface area contributed by atoms with Crippen molar-refractivity contribution in [3.05, 3.63) is 71.3 Å². The molecule has 33 heavy (non-hydrogen) atoms. The Morgan fingerprint density at radius 3 is 2.06 bits per heavy atom. The van der Waals surface area contributed by atoms with Crippen LogP contribution in [0.5, 0.6) is 0 Å². The fourth-order valence-corrected chi connectivity index (χ4v) is 4.33. The van der Waals surface area contributed by atoms with Gasteiger partial charge in [0.2, 0.25) is 0 Å². The number of aryl methyl sites for hydroxylation is 1. The van der Waals surface area contributed by atoms with Gasteiger partial charge < -0.3 is 4.74 Å². The Morgan fingerprint density at radius 1 is 0.848 bits per heavy atom. The molecule has 1 aliphatic heterocycles. The Hall–Kier alpha value is -2.75. The summed E-state index contributed by atoms with van der Waals surface area (Å²) in [5, 5.41) is 2.15. The molecule has 4 heteroatoms. The van der Waals surface area contributed by atoms with Crippen molar-refractivity contribution in [2.45, 2.75) is 77.6 Å². The molecule has 0 bridgehead atoms. The van der Waals surface area contributed by atoms with Crippen LogP contribution < -0.4 is 10.4 Å². The molecular formula is C29H40N2O2. The summed E-state index contributed by atoms with van der Waals surface area (Å²) in [5.41, 5.74) is 8.74. The molecule has 0 unspecified atom stereocenters. The highest BCUT2D eigenvalue weighted by molar-refractivity contribution is 5.89. The van der Waals surface area contributed by atoms with Gasteiger partial charge in [0.25, 0.3) is 0 Å². The monoisotopic (exact) mass is 448 g/mol. The summed E-state index contributed by atoms with van der Waals surface area (Å²) in [6.07, 6.45) is 17.1. The Bertz CT molecular complexity index is 871. The van der Waals surface area contributed by atoms with E-state index in [1.54, 1.807) is 12.1 Å². The second-order valence-electron chi connectivity index (χ2n) is 9.01. The van der Waals surface area contributed by atoms with Crippen molar-refractivity contribution in [3.8, 4) is 0 Å². The van der Waals surface area contributed by atoms with Crippen molar-refractivity contribution >= 4 is 17.4 Å². The van der Waals surface area contributed by atoms with Crippen LogP contribution in [-0.2, 0) is 11.2 Å². The van der Waals surface area contributed by atoms with Gasteiger partial charge in [0.15, 0.2) is 0 Å². The molecule has 0 saturated carbocycles. The quantitative estimate of drug-likeness (QED) is 0.243. The molecule has 0 saturated heterocycles. The van der Waals surface area contributed by atoms with E-state index >= 15 is 0 Å². The van der Waals surface area contributed by atoms with E-state index in [2.05, 4.69) is 47.7 Å². The lowest BCUT2D eigenvalue weighted by Crippen LogP contribution is -2.31. The predicted octanol–water partition coefficient (Wildman–Crippen LogP) is 7.30. The minimum atomic E-state index is -0.311. The van der Waals surface area contributed by atoms with E-state index in [9.17, 15) is 4.79 Å². The number of benzene rings is 2. The van der Waals surface area contributed by atoms with Gasteiger partial charge in [-0.1, -0.05) is 89.0 Å². The SMILES string of the molecule is CCCCCCCCCCCCc1ccc(N2CC=C(c3ccc(C(=O)OC)cc3)N2)cc1. The van der Waals surface area contributed by atoms with E-state index < -0.39 is 0 Å². The highest BCUT2D eigenvalue weighted by atomic mass is 16.5. The highest BCUT2D eigenvalue weighted by Gasteiger charge is 2.15. The molecule has 0 aliphatic carbocycles. The number of nitrogens with zero attached hydrogens (tertiary/aromatic N) is 1. The topological polar surface area (TPSA) is 41.6 Å². The molecule has 1 aliphatic rings. The Morgan fingerprint density at radius 2 is 1.45 bits per heavy atom. The van der Waals surface area contributed by atoms with Crippen LogP contribution in [0.25, 0.3) is 5.70 Å². The van der Waals surface area contributed by atoms with Gasteiger partial charge in [-0.05, 0) is 54.3 Å². The number of nitrogens with one attached hydrogen (secondary N) is 1. The van der Waals surface area contributed by atoms with Gasteiger partial charge in [0.1, 0.15) is 0 Å². The summed E-state index contributed by atoms with van der Waals surface area (Å²) in [6, 6.07) is 16.4. The van der Waals surface area contributed by atoms with Crippen molar-refractivity contribution in [1.29, 1.82) is 0 Å². The standard InChI is InChI=1S/C29H40N2O2/c1-3-4-5-6-7-8-9-10-11-12-13-24-14-20-27(21-15-24)31-23-22-28(30-31)25-16-18-26(19-17-25)29(32)33-2/h14-22,30H,3-13,23H2,1-2H3. The molecule has 178 valence electrons. The molecule has 0 atom stereocenters. The van der Waals surface area contributed by atoms with Gasteiger partial charge in [-0.15, -0.1) is 0 Å². The van der Waals surface area contributed by atoms with Crippen LogP contribution in [0.3, 0.4) is 0 Å². The maximum absolute atomic E-state index is 11.6. The number of hydrogen-bond donors (Lipinski definition) is 1. The summed E-state index contributed by atoms with van der Waals surface area (Å²) < 4.78 is 4.77. The molecule has 0 amide bonds. The first-order chi connectivity index (χ1) is 16.2. The van der Waals surface area contributed by atoms with E-state index in [1.807, 2.05) is 12.1 Å². The lowest BCUT2D eigenvalue weighted by molar-refractivity contribution is 0.0600. The molecule has 2 aromatic carbocycles. The van der Waals surface area contributed by atoms with Crippen molar-refractivity contribution in [2.24, 2.45) is 0 Å². The van der Waals surface area contributed by atoms with Crippen molar-refractivity contribution < 1.29 is 9.53 Å². The third-order valence-electron chi connectivity index (χ3n) is 6.42. The number of ether oxygens (including phenoxy) is 1. The van der Waals surface area contributed by atoms with Gasteiger partial charge >= 0.3 is 5.97 Å². The summed E-state index contributed by atoms with van der Waals surface area (Å²) in [7, 11) is 1.40. The lowest BCUT2D eigenvalue weighted by Gasteiger charge is -2.21. The fraction of sp³-hybridized carbons (Fsp3) is 0.483. The lowest BCUT2D eigenvalue weighted by atomic mass is 10.0. The second-order valence-corrected chi connectivity index (χ2v) is 9.01. The average molecular weight is 449 g/mol. The normalized spacial score (nSPS) is 13.0. The molecule has 1 N–H and O–H groups in total. The zero-order chi connectivity index (χ0) is 23.3. The molecule has 2 aromatic rings. The smallest absolute Gasteiger partial charge is 0.337 e. The fourth-order valence-electron chi connectivity index (χ4n) is 4.33. The third kappa shape index (κ3) is 7.96. The van der Waals surface area contributed by atoms with Gasteiger partial charge in [-0.2, -0.15) is 0 Å². The van der Waals surface area contributed by atoms with E-state index in [4.69, 9.17) is 4.74 Å². The summed E-state index contributed by atoms with van der Waals surface area (Å²) in [5.74, 6) is -0.311. The molecular weight excluding hydrogens is 408 g/mol. The minimum absolute atomic E-state index is 0.311.